The van der Waals surface area contributed by atoms with Crippen LogP contribution in [0.4, 0.5) is 5.69 Å². The monoisotopic (exact) mass is 195 g/mol. The first-order chi connectivity index (χ1) is 6.52. The van der Waals surface area contributed by atoms with Crippen molar-refractivity contribution in [1.29, 1.82) is 0 Å². The number of nitrogens with zero attached hydrogens (tertiary/aromatic N) is 2. The Kier molecular flexibility index (Phi) is 2.91. The second-order valence-corrected chi connectivity index (χ2v) is 3.18. The Morgan fingerprint density at radius 3 is 2.79 bits per heavy atom. The highest BCUT2D eigenvalue weighted by Crippen LogP contribution is 1.92. The van der Waals surface area contributed by atoms with E-state index in [4.69, 9.17) is 5.73 Å². The van der Waals surface area contributed by atoms with E-state index in [9.17, 15) is 9.59 Å². The van der Waals surface area contributed by atoms with Gasteiger partial charge in [0.05, 0.1) is 5.69 Å². The van der Waals surface area contributed by atoms with Gasteiger partial charge >= 0.3 is 0 Å². The van der Waals surface area contributed by atoms with Gasteiger partial charge in [0.1, 0.15) is 6.54 Å². The van der Waals surface area contributed by atoms with Gasteiger partial charge in [-0.3, -0.25) is 9.59 Å². The highest BCUT2D eigenvalue weighted by Gasteiger charge is 2.06. The predicted octanol–water partition coefficient (Wildman–Crippen LogP) is -0.481. The van der Waals surface area contributed by atoms with E-state index < -0.39 is 0 Å². The van der Waals surface area contributed by atoms with Crippen LogP contribution in [0.3, 0.4) is 0 Å². The second kappa shape index (κ2) is 3.95. The Morgan fingerprint density at radius 1 is 1.57 bits per heavy atom. The summed E-state index contributed by atoms with van der Waals surface area (Å²) in [5.74, 6) is -0.141. The van der Waals surface area contributed by atoms with E-state index in [1.54, 1.807) is 26.4 Å². The zero-order valence-electron chi connectivity index (χ0n) is 8.23. The van der Waals surface area contributed by atoms with Crippen LogP contribution in [0.15, 0.2) is 23.1 Å². The largest absolute Gasteiger partial charge is 0.394 e. The first kappa shape index (κ1) is 10.3. The van der Waals surface area contributed by atoms with Crippen molar-refractivity contribution in [2.45, 2.75) is 6.54 Å². The summed E-state index contributed by atoms with van der Waals surface area (Å²) >= 11 is 0. The molecule has 5 heteroatoms. The number of anilines is 1. The van der Waals surface area contributed by atoms with Gasteiger partial charge in [0, 0.05) is 20.3 Å². The van der Waals surface area contributed by atoms with Gasteiger partial charge in [0.15, 0.2) is 0 Å². The van der Waals surface area contributed by atoms with Crippen molar-refractivity contribution in [1.82, 2.24) is 9.47 Å². The second-order valence-electron chi connectivity index (χ2n) is 3.18. The van der Waals surface area contributed by atoms with Crippen molar-refractivity contribution < 1.29 is 4.79 Å². The van der Waals surface area contributed by atoms with Gasteiger partial charge in [-0.1, -0.05) is 0 Å². The Hall–Kier alpha value is -1.78. The van der Waals surface area contributed by atoms with Crippen LogP contribution in [-0.2, 0) is 11.3 Å². The van der Waals surface area contributed by atoms with E-state index in [1.165, 1.54) is 15.5 Å². The van der Waals surface area contributed by atoms with E-state index in [-0.39, 0.29) is 23.7 Å². The molecule has 14 heavy (non-hydrogen) atoms. The molecule has 0 aliphatic carbocycles. The predicted molar refractivity (Wildman–Crippen MR) is 53.8 cm³/mol. The molecule has 0 aliphatic heterocycles. The first-order valence-corrected chi connectivity index (χ1v) is 4.17. The molecule has 0 saturated heterocycles. The summed E-state index contributed by atoms with van der Waals surface area (Å²) in [6.45, 7) is 0.0247. The number of hydrogen-bond acceptors (Lipinski definition) is 3. The summed E-state index contributed by atoms with van der Waals surface area (Å²) < 4.78 is 1.29. The summed E-state index contributed by atoms with van der Waals surface area (Å²) in [5, 5.41) is 0. The molecule has 0 aromatic carbocycles. The number of nitrogens with two attached hydrogens (primary N) is 1. The van der Waals surface area contributed by atoms with E-state index >= 15 is 0 Å². The molecular formula is C9H13N3O2. The maximum atomic E-state index is 11.4. The molecule has 1 aromatic heterocycles. The number of nitrogen functional groups attached to an aromatic ring is 1. The quantitative estimate of drug-likeness (QED) is 0.693. The van der Waals surface area contributed by atoms with Crippen molar-refractivity contribution in [2.75, 3.05) is 19.8 Å². The minimum atomic E-state index is -0.331. The third kappa shape index (κ3) is 2.12. The lowest BCUT2D eigenvalue weighted by Crippen LogP contribution is -2.31. The van der Waals surface area contributed by atoms with Gasteiger partial charge in [-0.2, -0.15) is 0 Å². The summed E-state index contributed by atoms with van der Waals surface area (Å²) in [6, 6.07) is 3.15. The topological polar surface area (TPSA) is 68.3 Å². The Labute approximate surface area is 81.7 Å². The zero-order chi connectivity index (χ0) is 10.7. The van der Waals surface area contributed by atoms with Gasteiger partial charge in [-0.15, -0.1) is 0 Å². The number of pyridine rings is 1. The van der Waals surface area contributed by atoms with E-state index in [0.717, 1.165) is 0 Å². The number of rotatable bonds is 2. The summed E-state index contributed by atoms with van der Waals surface area (Å²) in [4.78, 5) is 24.1. The smallest absolute Gasteiger partial charge is 0.274 e. The Bertz CT molecular complexity index is 395. The third-order valence-corrected chi connectivity index (χ3v) is 1.85. The summed E-state index contributed by atoms with van der Waals surface area (Å²) in [5.41, 5.74) is 5.24. The normalized spacial score (nSPS) is 9.86. The first-order valence-electron chi connectivity index (χ1n) is 4.17. The van der Waals surface area contributed by atoms with Crippen LogP contribution in [0.1, 0.15) is 0 Å². The zero-order valence-corrected chi connectivity index (χ0v) is 8.23. The maximum absolute atomic E-state index is 11.4. The molecule has 0 saturated carbocycles. The number of amides is 1. The molecule has 0 bridgehead atoms. The van der Waals surface area contributed by atoms with Crippen molar-refractivity contribution in [3.05, 3.63) is 28.7 Å². The van der Waals surface area contributed by atoms with Gasteiger partial charge in [-0.25, -0.2) is 0 Å². The van der Waals surface area contributed by atoms with Crippen LogP contribution in [0.25, 0.3) is 0 Å². The molecule has 1 aromatic rings. The summed E-state index contributed by atoms with van der Waals surface area (Å²) in [6.07, 6.45) is 1.54. The van der Waals surface area contributed by atoms with Crippen LogP contribution < -0.4 is 11.3 Å². The standard InChI is InChI=1S/C9H13N3O2/c1-11(2)8(13)6-12-5-3-4-7(10)9(12)14/h3-5H,6,10H2,1-2H3. The minimum absolute atomic E-state index is 0.0247. The molecule has 2 N–H and O–H groups in total. The van der Waals surface area contributed by atoms with Gasteiger partial charge < -0.3 is 15.2 Å². The molecule has 0 fully saturated rings. The molecule has 1 amide bonds. The Balaban J connectivity index is 2.93. The molecule has 0 unspecified atom stereocenters. The van der Waals surface area contributed by atoms with Crippen LogP contribution in [0.5, 0.6) is 0 Å². The molecule has 0 atom stereocenters. The number of carbonyl (C=O) groups excluding carboxylic acids is 1. The average molecular weight is 195 g/mol. The molecule has 76 valence electrons. The van der Waals surface area contributed by atoms with E-state index in [2.05, 4.69) is 0 Å². The third-order valence-electron chi connectivity index (χ3n) is 1.85. The fourth-order valence-corrected chi connectivity index (χ4v) is 0.967. The number of aromatic nitrogens is 1. The van der Waals surface area contributed by atoms with E-state index in [0.29, 0.717) is 0 Å². The van der Waals surface area contributed by atoms with E-state index in [1.807, 2.05) is 0 Å². The highest BCUT2D eigenvalue weighted by atomic mass is 16.2. The number of carbonyl (C=O) groups is 1. The van der Waals surface area contributed by atoms with Crippen LogP contribution >= 0.6 is 0 Å². The number of likely N-dealkylation sites (N-methyl/N-ethyl adjacent to an activating group) is 1. The van der Waals surface area contributed by atoms with Crippen LogP contribution in [-0.4, -0.2) is 29.5 Å². The van der Waals surface area contributed by atoms with Crippen LogP contribution in [0, 0.1) is 0 Å². The fourth-order valence-electron chi connectivity index (χ4n) is 0.967. The Morgan fingerprint density at radius 2 is 2.21 bits per heavy atom. The average Bonchev–Trinajstić information content (AvgIpc) is 2.12. The van der Waals surface area contributed by atoms with Gasteiger partial charge in [0.25, 0.3) is 5.56 Å². The lowest BCUT2D eigenvalue weighted by Gasteiger charge is -2.11. The fraction of sp³-hybridized carbons (Fsp3) is 0.333. The van der Waals surface area contributed by atoms with Crippen LogP contribution in [0.2, 0.25) is 0 Å². The van der Waals surface area contributed by atoms with Crippen molar-refractivity contribution in [3.8, 4) is 0 Å². The van der Waals surface area contributed by atoms with Crippen molar-refractivity contribution in [3.63, 3.8) is 0 Å². The van der Waals surface area contributed by atoms with Gasteiger partial charge in [-0.05, 0) is 12.1 Å². The molecular weight excluding hydrogens is 182 g/mol. The minimum Gasteiger partial charge on any atom is -0.394 e. The van der Waals surface area contributed by atoms with Crippen molar-refractivity contribution >= 4 is 11.6 Å². The molecule has 1 rings (SSSR count). The lowest BCUT2D eigenvalue weighted by molar-refractivity contribution is -0.129. The maximum Gasteiger partial charge on any atom is 0.274 e. The lowest BCUT2D eigenvalue weighted by atomic mass is 10.4. The van der Waals surface area contributed by atoms with Gasteiger partial charge in [0.2, 0.25) is 5.91 Å². The number of hydrogen-bond donors (Lipinski definition) is 1. The highest BCUT2D eigenvalue weighted by molar-refractivity contribution is 5.75. The molecule has 1 heterocycles. The molecule has 0 spiro atoms. The summed E-state index contributed by atoms with van der Waals surface area (Å²) in [7, 11) is 3.28. The molecule has 0 radical (unpaired) electrons. The molecule has 5 nitrogen and oxygen atoms in total. The van der Waals surface area contributed by atoms with Crippen molar-refractivity contribution in [2.24, 2.45) is 0 Å². The SMILES string of the molecule is CN(C)C(=O)Cn1cccc(N)c1=O. The molecule has 0 aliphatic rings.